The summed E-state index contributed by atoms with van der Waals surface area (Å²) >= 11 is 0. The van der Waals surface area contributed by atoms with E-state index < -0.39 is 18.0 Å². The number of carbonyl (C=O) groups excluding carboxylic acids is 4. The first-order chi connectivity index (χ1) is 23.8. The molecule has 10 nitrogen and oxygen atoms in total. The third-order valence-corrected chi connectivity index (χ3v) is 8.78. The molecule has 0 fully saturated rings. The number of carbonyl (C=O) groups is 4. The van der Waals surface area contributed by atoms with E-state index in [1.54, 1.807) is 18.1 Å². The number of para-hydroxylation sites is 1. The van der Waals surface area contributed by atoms with Gasteiger partial charge in [0.25, 0.3) is 5.91 Å². The first-order valence-corrected chi connectivity index (χ1v) is 17.3. The summed E-state index contributed by atoms with van der Waals surface area (Å²) in [6.45, 7) is 7.53. The van der Waals surface area contributed by atoms with Crippen molar-refractivity contribution in [1.82, 2.24) is 30.7 Å². The number of likely N-dealkylation sites (N-methyl/N-ethyl adjacent to an activating group) is 1. The van der Waals surface area contributed by atoms with Gasteiger partial charge in [-0.25, -0.2) is 0 Å². The van der Waals surface area contributed by atoms with Gasteiger partial charge in [0.15, 0.2) is 0 Å². The quantitative estimate of drug-likeness (QED) is 0.101. The van der Waals surface area contributed by atoms with Gasteiger partial charge in [0.05, 0.1) is 5.56 Å². The molecule has 268 valence electrons. The summed E-state index contributed by atoms with van der Waals surface area (Å²) in [5, 5.41) is 9.66. The van der Waals surface area contributed by atoms with Crippen molar-refractivity contribution in [2.24, 2.45) is 0 Å². The van der Waals surface area contributed by atoms with E-state index in [1.165, 1.54) is 0 Å². The van der Waals surface area contributed by atoms with Crippen LogP contribution in [0.1, 0.15) is 61.0 Å². The Bertz CT molecular complexity index is 1640. The van der Waals surface area contributed by atoms with E-state index in [-0.39, 0.29) is 30.1 Å². The zero-order chi connectivity index (χ0) is 35.0. The van der Waals surface area contributed by atoms with Crippen molar-refractivity contribution in [1.29, 1.82) is 0 Å². The highest BCUT2D eigenvalue weighted by atomic mass is 35.5. The summed E-state index contributed by atoms with van der Waals surface area (Å²) in [4.78, 5) is 60.7. The van der Waals surface area contributed by atoms with Gasteiger partial charge in [-0.3, -0.25) is 19.2 Å². The maximum Gasteiger partial charge on any atom is 0.254 e. The molecule has 0 radical (unpaired) electrons. The molecule has 3 aromatic carbocycles. The SMILES string of the molecule is CCN(CC)CCC(=O)NCCCCC(NC(=O)c1c[nH]c2ccccc12)C(=O)N[C@H](Cc1ccccc1)C(=O)N(C)Cc1ccccc1.Cl. The Morgan fingerprint density at radius 2 is 1.42 bits per heavy atom. The minimum absolute atomic E-state index is 0. The highest BCUT2D eigenvalue weighted by molar-refractivity contribution is 6.08. The van der Waals surface area contributed by atoms with Crippen molar-refractivity contribution >= 4 is 46.9 Å². The van der Waals surface area contributed by atoms with Crippen LogP contribution in [0.15, 0.2) is 91.1 Å². The number of rotatable bonds is 19. The first-order valence-electron chi connectivity index (χ1n) is 17.3. The molecule has 11 heteroatoms. The lowest BCUT2D eigenvalue weighted by molar-refractivity contribution is -0.136. The number of benzene rings is 3. The van der Waals surface area contributed by atoms with Gasteiger partial charge in [0.1, 0.15) is 12.1 Å². The van der Waals surface area contributed by atoms with Gasteiger partial charge < -0.3 is 30.7 Å². The molecule has 2 atom stereocenters. The van der Waals surface area contributed by atoms with Crippen LogP contribution in [0.2, 0.25) is 0 Å². The van der Waals surface area contributed by atoms with Crippen LogP contribution in [-0.4, -0.2) is 83.7 Å². The number of H-pyrrole nitrogens is 1. The average molecular weight is 703 g/mol. The van der Waals surface area contributed by atoms with E-state index in [0.29, 0.717) is 57.3 Å². The number of nitrogens with zero attached hydrogens (tertiary/aromatic N) is 2. The number of fused-ring (bicyclic) bond motifs is 1. The molecule has 0 saturated heterocycles. The molecule has 0 saturated carbocycles. The first kappa shape index (κ1) is 39.8. The monoisotopic (exact) mass is 702 g/mol. The van der Waals surface area contributed by atoms with Crippen LogP contribution in [0.3, 0.4) is 0 Å². The van der Waals surface area contributed by atoms with E-state index in [1.807, 2.05) is 84.9 Å². The predicted octanol–water partition coefficient (Wildman–Crippen LogP) is 5.09. The highest BCUT2D eigenvalue weighted by Gasteiger charge is 2.29. The lowest BCUT2D eigenvalue weighted by atomic mass is 10.0. The van der Waals surface area contributed by atoms with Gasteiger partial charge in [0, 0.05) is 56.6 Å². The standard InChI is InChI=1S/C39H50N6O4.ClH/c1-4-45(5-2)25-23-36(46)40-24-15-14-22-34(42-37(47)32-27-41-33-21-13-12-20-31(32)33)38(48)43-35(26-29-16-8-6-9-17-29)39(49)44(3)28-30-18-10-7-11-19-30;/h6-13,16-21,27,34-35,41H,4-5,14-15,22-26,28H2,1-3H3,(H,40,46)(H,42,47)(H,43,48);1H/t34?,35-;/m1./s1. The smallest absolute Gasteiger partial charge is 0.254 e. The summed E-state index contributed by atoms with van der Waals surface area (Å²) in [6, 6.07) is 25.0. The van der Waals surface area contributed by atoms with Gasteiger partial charge in [0.2, 0.25) is 17.7 Å². The summed E-state index contributed by atoms with van der Waals surface area (Å²) < 4.78 is 0. The normalized spacial score (nSPS) is 12.1. The number of aromatic nitrogens is 1. The maximum absolute atomic E-state index is 14.0. The molecule has 0 spiro atoms. The molecule has 4 aromatic rings. The predicted molar refractivity (Wildman–Crippen MR) is 201 cm³/mol. The molecular weight excluding hydrogens is 652 g/mol. The maximum atomic E-state index is 14.0. The molecule has 4 rings (SSSR count). The Kier molecular flexibility index (Phi) is 16.5. The molecule has 4 N–H and O–H groups in total. The topological polar surface area (TPSA) is 127 Å². The second kappa shape index (κ2) is 20.8. The van der Waals surface area contributed by atoms with Crippen LogP contribution in [-0.2, 0) is 27.3 Å². The number of aromatic amines is 1. The molecule has 0 aliphatic carbocycles. The molecule has 1 heterocycles. The molecule has 50 heavy (non-hydrogen) atoms. The van der Waals surface area contributed by atoms with Crippen LogP contribution in [0.25, 0.3) is 10.9 Å². The van der Waals surface area contributed by atoms with E-state index in [4.69, 9.17) is 0 Å². The fourth-order valence-corrected chi connectivity index (χ4v) is 5.88. The summed E-state index contributed by atoms with van der Waals surface area (Å²) in [6.07, 6.45) is 3.92. The van der Waals surface area contributed by atoms with Crippen molar-refractivity contribution in [2.75, 3.05) is 33.2 Å². The van der Waals surface area contributed by atoms with Crippen LogP contribution < -0.4 is 16.0 Å². The number of amides is 4. The van der Waals surface area contributed by atoms with E-state index in [0.717, 1.165) is 35.1 Å². The lowest BCUT2D eigenvalue weighted by Gasteiger charge is -2.27. The Morgan fingerprint density at radius 3 is 2.10 bits per heavy atom. The fraction of sp³-hybridized carbons (Fsp3) is 0.385. The van der Waals surface area contributed by atoms with Crippen LogP contribution in [0.5, 0.6) is 0 Å². The third-order valence-electron chi connectivity index (χ3n) is 8.78. The number of halogens is 1. The molecule has 0 bridgehead atoms. The van der Waals surface area contributed by atoms with E-state index in [2.05, 4.69) is 39.7 Å². The average Bonchev–Trinajstić information content (AvgIpc) is 3.56. The Labute approximate surface area is 301 Å². The lowest BCUT2D eigenvalue weighted by Crippen LogP contribution is -2.54. The second-order valence-electron chi connectivity index (χ2n) is 12.3. The number of hydrogen-bond donors (Lipinski definition) is 4. The van der Waals surface area contributed by atoms with Crippen LogP contribution >= 0.6 is 12.4 Å². The Balaban J connectivity index is 0.00000676. The summed E-state index contributed by atoms with van der Waals surface area (Å²) in [5.41, 5.74) is 3.14. The zero-order valence-electron chi connectivity index (χ0n) is 29.3. The Hall–Kier alpha value is -4.67. The molecule has 0 aliphatic rings. The molecule has 0 aliphatic heterocycles. The minimum Gasteiger partial charge on any atom is -0.360 e. The Morgan fingerprint density at radius 1 is 0.780 bits per heavy atom. The van der Waals surface area contributed by atoms with Crippen LogP contribution in [0, 0.1) is 0 Å². The fourth-order valence-electron chi connectivity index (χ4n) is 5.88. The number of unbranched alkanes of at least 4 members (excludes halogenated alkanes) is 1. The zero-order valence-corrected chi connectivity index (χ0v) is 30.1. The van der Waals surface area contributed by atoms with Gasteiger partial charge in [-0.05, 0) is 49.5 Å². The molecule has 1 unspecified atom stereocenters. The van der Waals surface area contributed by atoms with E-state index in [9.17, 15) is 19.2 Å². The van der Waals surface area contributed by atoms with Gasteiger partial charge in [-0.1, -0.05) is 92.7 Å². The molecular formula is C39H51ClN6O4. The van der Waals surface area contributed by atoms with Crippen LogP contribution in [0.4, 0.5) is 0 Å². The highest BCUT2D eigenvalue weighted by Crippen LogP contribution is 2.18. The van der Waals surface area contributed by atoms with E-state index >= 15 is 0 Å². The number of hydrogen-bond acceptors (Lipinski definition) is 5. The van der Waals surface area contributed by atoms with Gasteiger partial charge in [-0.2, -0.15) is 0 Å². The van der Waals surface area contributed by atoms with Crippen molar-refractivity contribution in [2.45, 2.75) is 64.6 Å². The van der Waals surface area contributed by atoms with Gasteiger partial charge >= 0.3 is 0 Å². The second-order valence-corrected chi connectivity index (χ2v) is 12.3. The molecule has 4 amide bonds. The molecule has 1 aromatic heterocycles. The van der Waals surface area contributed by atoms with Crippen molar-refractivity contribution in [3.8, 4) is 0 Å². The summed E-state index contributed by atoms with van der Waals surface area (Å²) in [5.74, 6) is -1.04. The number of nitrogens with one attached hydrogen (secondary N) is 4. The minimum atomic E-state index is -0.898. The van der Waals surface area contributed by atoms with Crippen molar-refractivity contribution in [3.63, 3.8) is 0 Å². The third kappa shape index (κ3) is 12.0. The van der Waals surface area contributed by atoms with Crippen molar-refractivity contribution in [3.05, 3.63) is 108 Å². The van der Waals surface area contributed by atoms with Crippen molar-refractivity contribution < 1.29 is 19.2 Å². The summed E-state index contributed by atoms with van der Waals surface area (Å²) in [7, 11) is 1.73. The largest absolute Gasteiger partial charge is 0.360 e. The van der Waals surface area contributed by atoms with Gasteiger partial charge in [-0.15, -0.1) is 12.4 Å².